The zero-order valence-corrected chi connectivity index (χ0v) is 17.1. The molecule has 0 saturated carbocycles. The Morgan fingerprint density at radius 2 is 2.21 bits per heavy atom. The Kier molecular flexibility index (Phi) is 5.46. The van der Waals surface area contributed by atoms with Gasteiger partial charge < -0.3 is 24.7 Å². The molecular formula is C19H19N3O5S2. The first-order valence-electron chi connectivity index (χ1n) is 8.97. The number of thiol groups is 1. The molecular weight excluding hydrogens is 414 g/mol. The quantitative estimate of drug-likeness (QED) is 0.717. The van der Waals surface area contributed by atoms with Crippen LogP contribution in [-0.2, 0) is 9.59 Å². The second-order valence-corrected chi connectivity index (χ2v) is 8.62. The summed E-state index contributed by atoms with van der Waals surface area (Å²) in [5.41, 5.74) is 7.73. The first kappa shape index (κ1) is 19.7. The zero-order chi connectivity index (χ0) is 20.5. The lowest BCUT2D eigenvalue weighted by Gasteiger charge is -2.29. The number of fused-ring (bicyclic) bond motifs is 1. The molecule has 1 atom stereocenters. The standard InChI is InChI=1S/C19H19N3O5S2/c20-18(25)27-15-9-26-14-2-1-12(7-13(14)15)11-3-5-21(6-4-11)16(23)8-22-17(24)10-29-19(22)28/h1-3,7,9,19,28H,4-6,8,10H2,(H2,20,25). The van der Waals surface area contributed by atoms with Crippen LogP contribution in [0.15, 0.2) is 35.0 Å². The molecule has 8 nitrogen and oxygen atoms in total. The van der Waals surface area contributed by atoms with Crippen molar-refractivity contribution < 1.29 is 23.5 Å². The van der Waals surface area contributed by atoms with Crippen molar-refractivity contribution in [3.63, 3.8) is 0 Å². The number of rotatable bonds is 4. The van der Waals surface area contributed by atoms with Crippen LogP contribution >= 0.6 is 24.4 Å². The molecule has 0 bridgehead atoms. The van der Waals surface area contributed by atoms with E-state index in [1.54, 1.807) is 11.0 Å². The SMILES string of the molecule is NC(=O)Oc1coc2ccc(C3=CCN(C(=O)CN4C(=O)CSC4S)CC3)cc12. The summed E-state index contributed by atoms with van der Waals surface area (Å²) in [6, 6.07) is 5.61. The third-order valence-electron chi connectivity index (χ3n) is 4.93. The van der Waals surface area contributed by atoms with Crippen LogP contribution in [0, 0.1) is 0 Å². The molecule has 10 heteroatoms. The summed E-state index contributed by atoms with van der Waals surface area (Å²) >= 11 is 5.76. The lowest BCUT2D eigenvalue weighted by Crippen LogP contribution is -2.44. The van der Waals surface area contributed by atoms with Crippen molar-refractivity contribution in [3.05, 3.63) is 36.1 Å². The minimum absolute atomic E-state index is 0.0535. The van der Waals surface area contributed by atoms with Crippen LogP contribution in [0.5, 0.6) is 5.75 Å². The van der Waals surface area contributed by atoms with Crippen molar-refractivity contribution in [3.8, 4) is 5.75 Å². The molecule has 3 amide bonds. The summed E-state index contributed by atoms with van der Waals surface area (Å²) < 4.78 is 10.1. The molecule has 152 valence electrons. The molecule has 4 rings (SSSR count). The monoisotopic (exact) mass is 433 g/mol. The number of hydrogen-bond donors (Lipinski definition) is 2. The van der Waals surface area contributed by atoms with Crippen molar-refractivity contribution >= 4 is 58.8 Å². The van der Waals surface area contributed by atoms with E-state index in [1.807, 2.05) is 18.2 Å². The van der Waals surface area contributed by atoms with E-state index in [4.69, 9.17) is 14.9 Å². The van der Waals surface area contributed by atoms with Gasteiger partial charge in [0.1, 0.15) is 23.1 Å². The maximum Gasteiger partial charge on any atom is 0.410 e. The highest BCUT2D eigenvalue weighted by Crippen LogP contribution is 2.33. The van der Waals surface area contributed by atoms with Crippen molar-refractivity contribution in [2.75, 3.05) is 25.4 Å². The van der Waals surface area contributed by atoms with E-state index in [0.717, 1.165) is 11.1 Å². The smallest absolute Gasteiger partial charge is 0.410 e. The van der Waals surface area contributed by atoms with Crippen LogP contribution in [0.1, 0.15) is 12.0 Å². The average molecular weight is 434 g/mol. The van der Waals surface area contributed by atoms with Gasteiger partial charge in [0.05, 0.1) is 11.1 Å². The Bertz CT molecular complexity index is 1020. The molecule has 1 saturated heterocycles. The maximum absolute atomic E-state index is 12.6. The van der Waals surface area contributed by atoms with Gasteiger partial charge in [-0.15, -0.1) is 24.4 Å². The van der Waals surface area contributed by atoms with Gasteiger partial charge in [-0.05, 0) is 29.7 Å². The summed E-state index contributed by atoms with van der Waals surface area (Å²) in [6.07, 6.45) is 3.12. The molecule has 1 aromatic carbocycles. The average Bonchev–Trinajstić information content (AvgIpc) is 3.25. The van der Waals surface area contributed by atoms with E-state index in [2.05, 4.69) is 12.6 Å². The van der Waals surface area contributed by atoms with Crippen molar-refractivity contribution in [2.24, 2.45) is 5.73 Å². The van der Waals surface area contributed by atoms with E-state index in [0.29, 0.717) is 36.2 Å². The van der Waals surface area contributed by atoms with Crippen LogP contribution in [0.2, 0.25) is 0 Å². The highest BCUT2D eigenvalue weighted by molar-refractivity contribution is 8.11. The predicted octanol–water partition coefficient (Wildman–Crippen LogP) is 2.29. The van der Waals surface area contributed by atoms with Gasteiger partial charge >= 0.3 is 6.09 Å². The van der Waals surface area contributed by atoms with Crippen LogP contribution in [0.25, 0.3) is 16.5 Å². The normalized spacial score (nSPS) is 19.6. The fraction of sp³-hybridized carbons (Fsp3) is 0.316. The molecule has 29 heavy (non-hydrogen) atoms. The largest absolute Gasteiger partial charge is 0.460 e. The highest BCUT2D eigenvalue weighted by atomic mass is 32.2. The van der Waals surface area contributed by atoms with Crippen LogP contribution in [0.3, 0.4) is 0 Å². The number of primary amides is 1. The number of nitrogens with two attached hydrogens (primary N) is 1. The van der Waals surface area contributed by atoms with Crippen LogP contribution in [0.4, 0.5) is 4.79 Å². The number of ether oxygens (including phenoxy) is 1. The molecule has 2 aromatic rings. The Morgan fingerprint density at radius 1 is 1.38 bits per heavy atom. The fourth-order valence-corrected chi connectivity index (χ4v) is 4.67. The van der Waals surface area contributed by atoms with E-state index >= 15 is 0 Å². The van der Waals surface area contributed by atoms with Crippen LogP contribution in [-0.4, -0.2) is 57.8 Å². The summed E-state index contributed by atoms with van der Waals surface area (Å²) in [5.74, 6) is 0.498. The number of amides is 3. The lowest BCUT2D eigenvalue weighted by atomic mass is 9.98. The molecule has 1 unspecified atom stereocenters. The van der Waals surface area contributed by atoms with Gasteiger partial charge in [0.15, 0.2) is 5.75 Å². The van der Waals surface area contributed by atoms with Gasteiger partial charge in [-0.25, -0.2) is 4.79 Å². The predicted molar refractivity (Wildman–Crippen MR) is 113 cm³/mol. The van der Waals surface area contributed by atoms with Gasteiger partial charge in [0.2, 0.25) is 11.8 Å². The number of nitrogens with zero attached hydrogens (tertiary/aromatic N) is 2. The van der Waals surface area contributed by atoms with Gasteiger partial charge in [0.25, 0.3) is 0 Å². The van der Waals surface area contributed by atoms with E-state index in [1.165, 1.54) is 22.9 Å². The third-order valence-corrected chi connectivity index (χ3v) is 6.62. The zero-order valence-electron chi connectivity index (χ0n) is 15.4. The van der Waals surface area contributed by atoms with Crippen molar-refractivity contribution in [1.29, 1.82) is 0 Å². The van der Waals surface area contributed by atoms with Gasteiger partial charge in [0, 0.05) is 13.1 Å². The molecule has 3 heterocycles. The highest BCUT2D eigenvalue weighted by Gasteiger charge is 2.32. The van der Waals surface area contributed by atoms with E-state index in [-0.39, 0.29) is 28.8 Å². The van der Waals surface area contributed by atoms with E-state index < -0.39 is 6.09 Å². The molecule has 2 N–H and O–H groups in total. The Labute approximate surface area is 176 Å². The number of hydrogen-bond acceptors (Lipinski definition) is 7. The first-order valence-corrected chi connectivity index (χ1v) is 10.5. The third kappa shape index (κ3) is 4.08. The summed E-state index contributed by atoms with van der Waals surface area (Å²) in [7, 11) is 0. The Balaban J connectivity index is 1.46. The molecule has 2 aliphatic rings. The second kappa shape index (κ2) is 8.03. The number of carbonyl (C=O) groups excluding carboxylic acids is 3. The molecule has 0 radical (unpaired) electrons. The van der Waals surface area contributed by atoms with Gasteiger partial charge in [-0.2, -0.15) is 0 Å². The minimum atomic E-state index is -0.900. The Hall–Kier alpha value is -2.59. The van der Waals surface area contributed by atoms with Crippen molar-refractivity contribution in [1.82, 2.24) is 9.80 Å². The summed E-state index contributed by atoms with van der Waals surface area (Å²) in [4.78, 5) is 38.7. The van der Waals surface area contributed by atoms with Gasteiger partial charge in [-0.3, -0.25) is 9.59 Å². The first-order chi connectivity index (χ1) is 13.9. The molecule has 1 aromatic heterocycles. The fourth-order valence-electron chi connectivity index (χ4n) is 3.40. The number of thioether (sulfide) groups is 1. The number of carbonyl (C=O) groups is 3. The molecule has 1 fully saturated rings. The van der Waals surface area contributed by atoms with Crippen molar-refractivity contribution in [2.45, 2.75) is 11.1 Å². The topological polar surface area (TPSA) is 106 Å². The van der Waals surface area contributed by atoms with E-state index in [9.17, 15) is 14.4 Å². The molecule has 0 aliphatic carbocycles. The minimum Gasteiger partial charge on any atom is -0.460 e. The van der Waals surface area contributed by atoms with Crippen LogP contribution < -0.4 is 10.5 Å². The number of benzene rings is 1. The lowest BCUT2D eigenvalue weighted by molar-refractivity contribution is -0.138. The van der Waals surface area contributed by atoms with Gasteiger partial charge in [-0.1, -0.05) is 12.1 Å². The summed E-state index contributed by atoms with van der Waals surface area (Å²) in [6.45, 7) is 1.08. The Morgan fingerprint density at radius 3 is 2.86 bits per heavy atom. The molecule has 0 spiro atoms. The maximum atomic E-state index is 12.6. The second-order valence-electron chi connectivity index (χ2n) is 6.71. The summed E-state index contributed by atoms with van der Waals surface area (Å²) in [5, 5.41) is 0.658. The number of furan rings is 1. The molecule has 2 aliphatic heterocycles.